The van der Waals surface area contributed by atoms with Crippen LogP contribution in [-0.2, 0) is 0 Å². The largest absolute Gasteiger partial charge is 0.373 e. The summed E-state index contributed by atoms with van der Waals surface area (Å²) < 4.78 is 0. The molecule has 3 heteroatoms. The Morgan fingerprint density at radius 1 is 1.71 bits per heavy atom. The van der Waals surface area contributed by atoms with Crippen LogP contribution in [0.5, 0.6) is 0 Å². The highest BCUT2D eigenvalue weighted by molar-refractivity contribution is 5.85. The molecule has 0 aromatic rings. The highest BCUT2D eigenvalue weighted by Gasteiger charge is 1.90. The zero-order chi connectivity index (χ0) is 4.41. The van der Waals surface area contributed by atoms with E-state index in [4.69, 9.17) is 0 Å². The van der Waals surface area contributed by atoms with E-state index in [9.17, 15) is 0 Å². The zero-order valence-electron chi connectivity index (χ0n) is 4.22. The van der Waals surface area contributed by atoms with Crippen molar-refractivity contribution in [3.05, 3.63) is 12.4 Å². The van der Waals surface area contributed by atoms with Crippen LogP contribution in [0, 0.1) is 0 Å². The van der Waals surface area contributed by atoms with Crippen LogP contribution in [0.3, 0.4) is 0 Å². The maximum absolute atomic E-state index is 3.02. The minimum absolute atomic E-state index is 0. The summed E-state index contributed by atoms with van der Waals surface area (Å²) in [5.41, 5.74) is 0. The minimum atomic E-state index is 0. The highest BCUT2D eigenvalue weighted by atomic mass is 35.5. The molecule has 0 radical (unpaired) electrons. The van der Waals surface area contributed by atoms with E-state index in [1.807, 2.05) is 19.4 Å². The molecule has 1 N–H and O–H groups in total. The van der Waals surface area contributed by atoms with Gasteiger partial charge in [-0.05, 0) is 0 Å². The van der Waals surface area contributed by atoms with Gasteiger partial charge in [-0.3, -0.25) is 0 Å². The molecule has 1 heterocycles. The first kappa shape index (κ1) is 6.63. The van der Waals surface area contributed by atoms with E-state index in [1.54, 1.807) is 0 Å². The smallest absolute Gasteiger partial charge is 0.0864 e. The van der Waals surface area contributed by atoms with Gasteiger partial charge in [0, 0.05) is 19.4 Å². The molecule has 0 aliphatic carbocycles. The van der Waals surface area contributed by atoms with Crippen molar-refractivity contribution < 1.29 is 0 Å². The van der Waals surface area contributed by atoms with E-state index in [1.165, 1.54) is 0 Å². The van der Waals surface area contributed by atoms with Crippen molar-refractivity contribution in [3.63, 3.8) is 0 Å². The van der Waals surface area contributed by atoms with E-state index in [0.717, 1.165) is 6.67 Å². The molecule has 1 aliphatic rings. The molecule has 1 rings (SSSR count). The van der Waals surface area contributed by atoms with Gasteiger partial charge in [0.2, 0.25) is 0 Å². The second-order valence-corrected chi connectivity index (χ2v) is 1.43. The molecular formula is C4H9ClN2. The van der Waals surface area contributed by atoms with Gasteiger partial charge in [0.05, 0.1) is 6.67 Å². The van der Waals surface area contributed by atoms with Crippen LogP contribution >= 0.6 is 12.4 Å². The van der Waals surface area contributed by atoms with Gasteiger partial charge in [-0.15, -0.1) is 12.4 Å². The minimum Gasteiger partial charge on any atom is -0.373 e. The summed E-state index contributed by atoms with van der Waals surface area (Å²) in [6.45, 7) is 0.958. The summed E-state index contributed by atoms with van der Waals surface area (Å²) in [7, 11) is 2.02. The number of hydrogen-bond donors (Lipinski definition) is 1. The van der Waals surface area contributed by atoms with E-state index >= 15 is 0 Å². The summed E-state index contributed by atoms with van der Waals surface area (Å²) in [6.07, 6.45) is 3.93. The molecule has 0 aromatic carbocycles. The lowest BCUT2D eigenvalue weighted by Crippen LogP contribution is -2.14. The third-order valence-corrected chi connectivity index (χ3v) is 0.788. The molecule has 0 amide bonds. The molecule has 1 aliphatic heterocycles. The maximum Gasteiger partial charge on any atom is 0.0864 e. The van der Waals surface area contributed by atoms with Gasteiger partial charge in [0.15, 0.2) is 0 Å². The molecule has 0 saturated heterocycles. The Morgan fingerprint density at radius 3 is 2.57 bits per heavy atom. The molecule has 7 heavy (non-hydrogen) atoms. The maximum atomic E-state index is 3.02. The molecule has 0 saturated carbocycles. The fourth-order valence-electron chi connectivity index (χ4n) is 0.429. The lowest BCUT2D eigenvalue weighted by molar-refractivity contribution is 0.474. The summed E-state index contributed by atoms with van der Waals surface area (Å²) in [6, 6.07) is 0. The highest BCUT2D eigenvalue weighted by Crippen LogP contribution is 1.84. The Kier molecular flexibility index (Phi) is 2.60. The van der Waals surface area contributed by atoms with Crippen molar-refractivity contribution in [2.24, 2.45) is 0 Å². The van der Waals surface area contributed by atoms with Crippen molar-refractivity contribution in [1.29, 1.82) is 0 Å². The Hall–Kier alpha value is -0.370. The van der Waals surface area contributed by atoms with Gasteiger partial charge in [-0.25, -0.2) is 0 Å². The van der Waals surface area contributed by atoms with E-state index in [2.05, 4.69) is 10.2 Å². The summed E-state index contributed by atoms with van der Waals surface area (Å²) in [4.78, 5) is 2.07. The molecule has 0 atom stereocenters. The quantitative estimate of drug-likeness (QED) is 0.497. The molecular weight excluding hydrogens is 112 g/mol. The molecule has 0 aromatic heterocycles. The van der Waals surface area contributed by atoms with Crippen LogP contribution in [0.4, 0.5) is 0 Å². The van der Waals surface area contributed by atoms with Crippen molar-refractivity contribution in [2.45, 2.75) is 0 Å². The first-order chi connectivity index (χ1) is 2.89. The van der Waals surface area contributed by atoms with Crippen molar-refractivity contribution in [1.82, 2.24) is 10.2 Å². The number of nitrogens with one attached hydrogen (secondary N) is 1. The van der Waals surface area contributed by atoms with Gasteiger partial charge in [0.1, 0.15) is 0 Å². The predicted octanol–water partition coefficient (Wildman–Crippen LogP) is 0.372. The average molecular weight is 121 g/mol. The van der Waals surface area contributed by atoms with Crippen LogP contribution < -0.4 is 5.32 Å². The fourth-order valence-corrected chi connectivity index (χ4v) is 0.429. The fraction of sp³-hybridized carbons (Fsp3) is 0.500. The SMILES string of the molecule is CN1C=CNC1.Cl. The first-order valence-electron chi connectivity index (χ1n) is 2.00. The van der Waals surface area contributed by atoms with Gasteiger partial charge < -0.3 is 10.2 Å². The standard InChI is InChI=1S/C4H8N2.ClH/c1-6-3-2-5-4-6;/h2-3,5H,4H2,1H3;1H. The number of halogens is 1. The van der Waals surface area contributed by atoms with Gasteiger partial charge >= 0.3 is 0 Å². The Bertz CT molecular complexity index is 72.1. The van der Waals surface area contributed by atoms with Crippen LogP contribution in [0.25, 0.3) is 0 Å². The average Bonchev–Trinajstić information content (AvgIpc) is 1.86. The molecule has 0 bridgehead atoms. The Morgan fingerprint density at radius 2 is 2.43 bits per heavy atom. The lowest BCUT2D eigenvalue weighted by atomic mass is 10.9. The second-order valence-electron chi connectivity index (χ2n) is 1.43. The molecule has 0 unspecified atom stereocenters. The lowest BCUT2D eigenvalue weighted by Gasteiger charge is -2.02. The molecule has 42 valence electrons. The Labute approximate surface area is 49.6 Å². The van der Waals surface area contributed by atoms with Crippen LogP contribution in [0.2, 0.25) is 0 Å². The molecule has 0 fully saturated rings. The number of hydrogen-bond acceptors (Lipinski definition) is 2. The van der Waals surface area contributed by atoms with Gasteiger partial charge in [-0.1, -0.05) is 0 Å². The van der Waals surface area contributed by atoms with Crippen LogP contribution in [0.15, 0.2) is 12.4 Å². The van der Waals surface area contributed by atoms with E-state index in [0.29, 0.717) is 0 Å². The van der Waals surface area contributed by atoms with Crippen molar-refractivity contribution in [2.75, 3.05) is 13.7 Å². The number of rotatable bonds is 0. The third-order valence-electron chi connectivity index (χ3n) is 0.788. The third kappa shape index (κ3) is 1.69. The normalized spacial score (nSPS) is 15.9. The topological polar surface area (TPSA) is 15.3 Å². The summed E-state index contributed by atoms with van der Waals surface area (Å²) in [5.74, 6) is 0. The van der Waals surface area contributed by atoms with Crippen LogP contribution in [-0.4, -0.2) is 18.6 Å². The van der Waals surface area contributed by atoms with Crippen molar-refractivity contribution in [3.8, 4) is 0 Å². The molecule has 2 nitrogen and oxygen atoms in total. The van der Waals surface area contributed by atoms with Gasteiger partial charge in [0.25, 0.3) is 0 Å². The van der Waals surface area contributed by atoms with Crippen LogP contribution in [0.1, 0.15) is 0 Å². The first-order valence-corrected chi connectivity index (χ1v) is 2.00. The monoisotopic (exact) mass is 120 g/mol. The predicted molar refractivity (Wildman–Crippen MR) is 32.2 cm³/mol. The van der Waals surface area contributed by atoms with Crippen molar-refractivity contribution >= 4 is 12.4 Å². The number of nitrogens with zero attached hydrogens (tertiary/aromatic N) is 1. The summed E-state index contributed by atoms with van der Waals surface area (Å²) in [5, 5.41) is 3.02. The van der Waals surface area contributed by atoms with Gasteiger partial charge in [-0.2, -0.15) is 0 Å². The van der Waals surface area contributed by atoms with E-state index in [-0.39, 0.29) is 12.4 Å². The zero-order valence-corrected chi connectivity index (χ0v) is 5.03. The Balaban J connectivity index is 0.000000360. The second kappa shape index (κ2) is 2.75. The summed E-state index contributed by atoms with van der Waals surface area (Å²) >= 11 is 0. The van der Waals surface area contributed by atoms with E-state index < -0.39 is 0 Å². The molecule has 0 spiro atoms.